The molecule has 0 unspecified atom stereocenters. The lowest BCUT2D eigenvalue weighted by atomic mass is 10.2. The molecule has 2 aromatic carbocycles. The quantitative estimate of drug-likeness (QED) is 0.750. The molecule has 0 saturated heterocycles. The topological polar surface area (TPSA) is 55.8 Å². The molecule has 0 aliphatic rings. The van der Waals surface area contributed by atoms with E-state index in [2.05, 4.69) is 0 Å². The van der Waals surface area contributed by atoms with Crippen LogP contribution in [0.3, 0.4) is 0 Å². The number of unbranched alkanes of at least 4 members (excludes halogenated alkanes) is 1. The van der Waals surface area contributed by atoms with Crippen molar-refractivity contribution in [3.05, 3.63) is 59.7 Å². The smallest absolute Gasteiger partial charge is 0.335 e. The highest BCUT2D eigenvalue weighted by Crippen LogP contribution is 2.16. The largest absolute Gasteiger partial charge is 0.494 e. The first-order chi connectivity index (χ1) is 10.7. The summed E-state index contributed by atoms with van der Waals surface area (Å²) in [7, 11) is 0. The molecule has 0 radical (unpaired) electrons. The molecule has 4 nitrogen and oxygen atoms in total. The number of aryl methyl sites for hydroxylation is 1. The van der Waals surface area contributed by atoms with E-state index in [1.165, 1.54) is 0 Å². The van der Waals surface area contributed by atoms with E-state index in [0.717, 1.165) is 24.2 Å². The molecule has 0 amide bonds. The molecule has 0 aromatic heterocycles. The van der Waals surface area contributed by atoms with E-state index < -0.39 is 5.97 Å². The zero-order chi connectivity index (χ0) is 15.8. The first-order valence-corrected chi connectivity index (χ1v) is 7.31. The highest BCUT2D eigenvalue weighted by Gasteiger charge is 2.02. The Kier molecular flexibility index (Phi) is 5.83. The standard InChI is InChI=1S/C18H20O4/c1-14-6-2-3-7-17(14)22-13-5-4-12-21-16-10-8-15(9-11-16)18(19)20/h2-3,6-11H,4-5,12-13H2,1H3,(H,19,20). The summed E-state index contributed by atoms with van der Waals surface area (Å²) in [6.45, 7) is 3.27. The van der Waals surface area contributed by atoms with Crippen LogP contribution in [0.2, 0.25) is 0 Å². The van der Waals surface area contributed by atoms with E-state index in [1.807, 2.05) is 31.2 Å². The summed E-state index contributed by atoms with van der Waals surface area (Å²) in [6, 6.07) is 14.4. The van der Waals surface area contributed by atoms with Crippen LogP contribution >= 0.6 is 0 Å². The van der Waals surface area contributed by atoms with Crippen molar-refractivity contribution in [2.45, 2.75) is 19.8 Å². The summed E-state index contributed by atoms with van der Waals surface area (Å²) in [5, 5.41) is 8.81. The third kappa shape index (κ3) is 4.81. The number of carboxylic acids is 1. The Morgan fingerprint density at radius 2 is 1.59 bits per heavy atom. The van der Waals surface area contributed by atoms with E-state index in [1.54, 1.807) is 24.3 Å². The Hall–Kier alpha value is -2.49. The van der Waals surface area contributed by atoms with Gasteiger partial charge in [0.15, 0.2) is 0 Å². The van der Waals surface area contributed by atoms with Crippen LogP contribution in [0, 0.1) is 6.92 Å². The molecule has 0 atom stereocenters. The van der Waals surface area contributed by atoms with E-state index >= 15 is 0 Å². The lowest BCUT2D eigenvalue weighted by Gasteiger charge is -2.09. The fourth-order valence-corrected chi connectivity index (χ4v) is 1.99. The maximum absolute atomic E-state index is 10.7. The van der Waals surface area contributed by atoms with Gasteiger partial charge in [-0.1, -0.05) is 18.2 Å². The van der Waals surface area contributed by atoms with Gasteiger partial charge < -0.3 is 14.6 Å². The van der Waals surface area contributed by atoms with Gasteiger partial charge in [-0.2, -0.15) is 0 Å². The van der Waals surface area contributed by atoms with Crippen molar-refractivity contribution in [3.63, 3.8) is 0 Å². The van der Waals surface area contributed by atoms with Crippen LogP contribution in [0.5, 0.6) is 11.5 Å². The van der Waals surface area contributed by atoms with Crippen LogP contribution in [0.15, 0.2) is 48.5 Å². The van der Waals surface area contributed by atoms with Gasteiger partial charge in [0.05, 0.1) is 18.8 Å². The second-order valence-corrected chi connectivity index (χ2v) is 5.00. The van der Waals surface area contributed by atoms with Gasteiger partial charge >= 0.3 is 5.97 Å². The lowest BCUT2D eigenvalue weighted by molar-refractivity contribution is 0.0697. The second-order valence-electron chi connectivity index (χ2n) is 5.00. The van der Waals surface area contributed by atoms with E-state index in [-0.39, 0.29) is 5.56 Å². The number of hydrogen-bond donors (Lipinski definition) is 1. The molecule has 2 aromatic rings. The third-order valence-corrected chi connectivity index (χ3v) is 3.26. The molecule has 0 spiro atoms. The molecule has 0 saturated carbocycles. The van der Waals surface area contributed by atoms with Gasteiger partial charge in [-0.15, -0.1) is 0 Å². The Labute approximate surface area is 130 Å². The number of rotatable bonds is 8. The Balaban J connectivity index is 1.63. The number of hydrogen-bond acceptors (Lipinski definition) is 3. The van der Waals surface area contributed by atoms with Crippen molar-refractivity contribution in [2.75, 3.05) is 13.2 Å². The zero-order valence-corrected chi connectivity index (χ0v) is 12.6. The molecule has 0 aliphatic heterocycles. The van der Waals surface area contributed by atoms with E-state index in [0.29, 0.717) is 19.0 Å². The molecule has 22 heavy (non-hydrogen) atoms. The minimum absolute atomic E-state index is 0.263. The Morgan fingerprint density at radius 3 is 2.23 bits per heavy atom. The molecule has 0 heterocycles. The van der Waals surface area contributed by atoms with E-state index in [4.69, 9.17) is 14.6 Å². The minimum atomic E-state index is -0.931. The van der Waals surface area contributed by atoms with Gasteiger partial charge in [-0.25, -0.2) is 4.79 Å². The number of carboxylic acid groups (broad SMARTS) is 1. The molecule has 4 heteroatoms. The van der Waals surface area contributed by atoms with Crippen molar-refractivity contribution in [1.29, 1.82) is 0 Å². The molecule has 2 rings (SSSR count). The van der Waals surface area contributed by atoms with Crippen molar-refractivity contribution >= 4 is 5.97 Å². The highest BCUT2D eigenvalue weighted by atomic mass is 16.5. The molecule has 0 bridgehead atoms. The van der Waals surface area contributed by atoms with Gasteiger partial charge in [0.2, 0.25) is 0 Å². The summed E-state index contributed by atoms with van der Waals surface area (Å²) in [6.07, 6.45) is 1.79. The average Bonchev–Trinajstić information content (AvgIpc) is 2.53. The Morgan fingerprint density at radius 1 is 0.955 bits per heavy atom. The second kappa shape index (κ2) is 8.08. The van der Waals surface area contributed by atoms with Gasteiger partial charge in [0.25, 0.3) is 0 Å². The van der Waals surface area contributed by atoms with Crippen LogP contribution in [0.1, 0.15) is 28.8 Å². The van der Waals surface area contributed by atoms with E-state index in [9.17, 15) is 4.79 Å². The van der Waals surface area contributed by atoms with Gasteiger partial charge in [0.1, 0.15) is 11.5 Å². The molecule has 116 valence electrons. The van der Waals surface area contributed by atoms with Crippen molar-refractivity contribution < 1.29 is 19.4 Å². The molecule has 1 N–H and O–H groups in total. The maximum Gasteiger partial charge on any atom is 0.335 e. The van der Waals surface area contributed by atoms with Crippen LogP contribution in [0.4, 0.5) is 0 Å². The zero-order valence-electron chi connectivity index (χ0n) is 12.6. The van der Waals surface area contributed by atoms with Gasteiger partial charge in [0, 0.05) is 0 Å². The normalized spacial score (nSPS) is 10.2. The number of para-hydroxylation sites is 1. The first kappa shape index (κ1) is 15.9. The van der Waals surface area contributed by atoms with Crippen LogP contribution in [-0.4, -0.2) is 24.3 Å². The number of benzene rings is 2. The number of aromatic carboxylic acids is 1. The van der Waals surface area contributed by atoms with Crippen LogP contribution < -0.4 is 9.47 Å². The predicted octanol–water partition coefficient (Wildman–Crippen LogP) is 3.93. The fourth-order valence-electron chi connectivity index (χ4n) is 1.99. The average molecular weight is 300 g/mol. The van der Waals surface area contributed by atoms with Gasteiger partial charge in [-0.05, 0) is 55.7 Å². The van der Waals surface area contributed by atoms with Crippen molar-refractivity contribution in [3.8, 4) is 11.5 Å². The van der Waals surface area contributed by atoms with Crippen molar-refractivity contribution in [1.82, 2.24) is 0 Å². The lowest BCUT2D eigenvalue weighted by Crippen LogP contribution is -2.03. The Bertz CT molecular complexity index is 605. The summed E-state index contributed by atoms with van der Waals surface area (Å²) in [4.78, 5) is 10.7. The van der Waals surface area contributed by atoms with Crippen LogP contribution in [0.25, 0.3) is 0 Å². The number of carbonyl (C=O) groups is 1. The highest BCUT2D eigenvalue weighted by molar-refractivity contribution is 5.87. The summed E-state index contributed by atoms with van der Waals surface area (Å²) in [5.74, 6) is 0.678. The minimum Gasteiger partial charge on any atom is -0.494 e. The third-order valence-electron chi connectivity index (χ3n) is 3.26. The SMILES string of the molecule is Cc1ccccc1OCCCCOc1ccc(C(=O)O)cc1. The summed E-state index contributed by atoms with van der Waals surface area (Å²) >= 11 is 0. The first-order valence-electron chi connectivity index (χ1n) is 7.31. The molecule has 0 fully saturated rings. The molecular formula is C18H20O4. The van der Waals surface area contributed by atoms with Crippen molar-refractivity contribution in [2.24, 2.45) is 0 Å². The monoisotopic (exact) mass is 300 g/mol. The maximum atomic E-state index is 10.7. The molecule has 0 aliphatic carbocycles. The predicted molar refractivity (Wildman–Crippen MR) is 84.8 cm³/mol. The van der Waals surface area contributed by atoms with Crippen LogP contribution in [-0.2, 0) is 0 Å². The fraction of sp³-hybridized carbons (Fsp3) is 0.278. The number of ether oxygens (including phenoxy) is 2. The van der Waals surface area contributed by atoms with Gasteiger partial charge in [-0.3, -0.25) is 0 Å². The summed E-state index contributed by atoms with van der Waals surface area (Å²) < 4.78 is 11.3. The summed E-state index contributed by atoms with van der Waals surface area (Å²) in [5.41, 5.74) is 1.40. The molecular weight excluding hydrogens is 280 g/mol.